The van der Waals surface area contributed by atoms with Crippen LogP contribution >= 0.6 is 22.9 Å². The quantitative estimate of drug-likeness (QED) is 0.302. The average molecular weight is 449 g/mol. The van der Waals surface area contributed by atoms with Crippen LogP contribution in [0.1, 0.15) is 16.1 Å². The number of nitrogens with zero attached hydrogens (tertiary/aromatic N) is 1. The molecule has 2 heterocycles. The summed E-state index contributed by atoms with van der Waals surface area (Å²) in [7, 11) is 0. The van der Waals surface area contributed by atoms with Crippen LogP contribution in [-0.2, 0) is 6.54 Å². The summed E-state index contributed by atoms with van der Waals surface area (Å²) in [5, 5.41) is 1.91. The molecule has 0 N–H and O–H groups in total. The molecule has 0 unspecified atom stereocenters. The molecule has 0 saturated heterocycles. The molecule has 0 atom stereocenters. The van der Waals surface area contributed by atoms with Crippen molar-refractivity contribution in [2.75, 3.05) is 0 Å². The minimum atomic E-state index is -0.257. The normalized spacial score (nSPS) is 11.7. The molecule has 0 aliphatic rings. The summed E-state index contributed by atoms with van der Waals surface area (Å²) in [5.41, 5.74) is 2.88. The summed E-state index contributed by atoms with van der Waals surface area (Å²) in [4.78, 5) is 12.9. The second kappa shape index (κ2) is 8.10. The highest BCUT2D eigenvalue weighted by atomic mass is 35.5. The van der Waals surface area contributed by atoms with Gasteiger partial charge in [-0.15, -0.1) is 0 Å². The summed E-state index contributed by atoms with van der Waals surface area (Å²) in [6.45, 7) is 0.589. The number of benzene rings is 3. The molecule has 0 bridgehead atoms. The highest BCUT2D eigenvalue weighted by molar-refractivity contribution is 7.18. The molecular weight excluding hydrogens is 433 g/mol. The van der Waals surface area contributed by atoms with E-state index in [0.717, 1.165) is 20.8 Å². The van der Waals surface area contributed by atoms with Gasteiger partial charge in [0.1, 0.15) is 22.4 Å². The van der Waals surface area contributed by atoms with Gasteiger partial charge in [-0.3, -0.25) is 4.79 Å². The molecule has 0 aliphatic carbocycles. The minimum absolute atomic E-state index is 0.133. The predicted molar refractivity (Wildman–Crippen MR) is 124 cm³/mol. The van der Waals surface area contributed by atoms with Crippen LogP contribution in [0, 0.1) is 5.82 Å². The van der Waals surface area contributed by atoms with Crippen LogP contribution in [0.2, 0.25) is 5.02 Å². The third-order valence-electron chi connectivity index (χ3n) is 5.06. The molecule has 3 nitrogen and oxygen atoms in total. The number of para-hydroxylation sites is 1. The average Bonchev–Trinajstić information content (AvgIpc) is 3.12. The van der Waals surface area contributed by atoms with Gasteiger partial charge in [0.2, 0.25) is 5.52 Å². The molecule has 0 spiro atoms. The molecule has 31 heavy (non-hydrogen) atoms. The highest BCUT2D eigenvalue weighted by Crippen LogP contribution is 2.23. The summed E-state index contributed by atoms with van der Waals surface area (Å²) in [6, 6.07) is 19.6. The summed E-state index contributed by atoms with van der Waals surface area (Å²) in [5.74, 6) is -0.257. The van der Waals surface area contributed by atoms with Gasteiger partial charge in [-0.1, -0.05) is 35.1 Å². The third-order valence-corrected chi connectivity index (χ3v) is 6.42. The van der Waals surface area contributed by atoms with E-state index in [9.17, 15) is 9.18 Å². The molecule has 3 aromatic carbocycles. The zero-order chi connectivity index (χ0) is 21.4. The molecule has 6 heteroatoms. The molecule has 0 aliphatic heterocycles. The first kappa shape index (κ1) is 19.7. The lowest BCUT2D eigenvalue weighted by molar-refractivity contribution is -0.659. The predicted octanol–water partition coefficient (Wildman–Crippen LogP) is 6.31. The zero-order valence-electron chi connectivity index (χ0n) is 16.2. The standard InChI is InChI=1S/C25H16ClFNO2S/c26-18-8-11-22-20(13-18)25(29)17(15-30-22)7-12-24-28(14-16-5-9-19(27)10-6-16)21-3-1-2-4-23(21)31-24/h1-13,15H,14H2/q+1/b12-7+. The zero-order valence-corrected chi connectivity index (χ0v) is 17.8. The molecule has 2 aromatic heterocycles. The van der Waals surface area contributed by atoms with E-state index in [4.69, 9.17) is 16.0 Å². The van der Waals surface area contributed by atoms with Crippen molar-refractivity contribution < 1.29 is 13.4 Å². The van der Waals surface area contributed by atoms with Gasteiger partial charge < -0.3 is 4.42 Å². The van der Waals surface area contributed by atoms with E-state index >= 15 is 0 Å². The Labute approximate surface area is 186 Å². The number of halogens is 2. The monoisotopic (exact) mass is 448 g/mol. The maximum atomic E-state index is 13.3. The number of hydrogen-bond donors (Lipinski definition) is 0. The van der Waals surface area contributed by atoms with E-state index in [1.165, 1.54) is 18.4 Å². The van der Waals surface area contributed by atoms with Crippen molar-refractivity contribution in [1.82, 2.24) is 0 Å². The van der Waals surface area contributed by atoms with Crippen molar-refractivity contribution in [3.05, 3.63) is 110 Å². The van der Waals surface area contributed by atoms with Gasteiger partial charge in [-0.25, -0.2) is 4.39 Å². The number of aromatic nitrogens is 1. The Kier molecular flexibility index (Phi) is 5.14. The van der Waals surface area contributed by atoms with Crippen LogP contribution in [0.3, 0.4) is 0 Å². The van der Waals surface area contributed by atoms with Crippen molar-refractivity contribution in [3.63, 3.8) is 0 Å². The molecular formula is C25H16ClFNO2S+. The van der Waals surface area contributed by atoms with Crippen LogP contribution in [0.5, 0.6) is 0 Å². The second-order valence-electron chi connectivity index (χ2n) is 7.11. The topological polar surface area (TPSA) is 34.1 Å². The minimum Gasteiger partial charge on any atom is -0.463 e. The van der Waals surface area contributed by atoms with Crippen LogP contribution in [0.25, 0.3) is 33.3 Å². The van der Waals surface area contributed by atoms with Crippen molar-refractivity contribution in [2.24, 2.45) is 0 Å². The molecule has 0 radical (unpaired) electrons. The van der Waals surface area contributed by atoms with Gasteiger partial charge in [0.05, 0.1) is 10.9 Å². The third kappa shape index (κ3) is 3.90. The van der Waals surface area contributed by atoms with E-state index in [1.807, 2.05) is 18.2 Å². The summed E-state index contributed by atoms with van der Waals surface area (Å²) >= 11 is 7.67. The molecule has 0 amide bonds. The Bertz CT molecular complexity index is 1500. The smallest absolute Gasteiger partial charge is 0.263 e. The molecule has 152 valence electrons. The number of hydrogen-bond acceptors (Lipinski definition) is 3. The lowest BCUT2D eigenvalue weighted by Gasteiger charge is -2.00. The largest absolute Gasteiger partial charge is 0.463 e. The van der Waals surface area contributed by atoms with Crippen LogP contribution in [0.4, 0.5) is 4.39 Å². The Balaban J connectivity index is 1.58. The summed E-state index contributed by atoms with van der Waals surface area (Å²) < 4.78 is 22.2. The van der Waals surface area contributed by atoms with Crippen molar-refractivity contribution in [3.8, 4) is 0 Å². The van der Waals surface area contributed by atoms with Gasteiger partial charge in [-0.2, -0.15) is 4.57 Å². The Hall–Kier alpha value is -3.28. The lowest BCUT2D eigenvalue weighted by atomic mass is 10.1. The van der Waals surface area contributed by atoms with Gasteiger partial charge in [0, 0.05) is 22.7 Å². The van der Waals surface area contributed by atoms with E-state index in [1.54, 1.807) is 47.7 Å². The lowest BCUT2D eigenvalue weighted by Crippen LogP contribution is -2.35. The van der Waals surface area contributed by atoms with E-state index in [0.29, 0.717) is 28.1 Å². The molecule has 0 saturated carbocycles. The van der Waals surface area contributed by atoms with Crippen molar-refractivity contribution >= 4 is 56.3 Å². The second-order valence-corrected chi connectivity index (χ2v) is 8.61. The SMILES string of the molecule is O=c1c(/C=C/c2sc3ccccc3[n+]2Cc2ccc(F)cc2)coc2ccc(Cl)cc12. The molecule has 5 rings (SSSR count). The first-order valence-electron chi connectivity index (χ1n) is 9.63. The van der Waals surface area contributed by atoms with Crippen LogP contribution in [-0.4, -0.2) is 0 Å². The van der Waals surface area contributed by atoms with Crippen LogP contribution < -0.4 is 10.00 Å². The highest BCUT2D eigenvalue weighted by Gasteiger charge is 2.19. The van der Waals surface area contributed by atoms with E-state index in [2.05, 4.69) is 16.7 Å². The number of fused-ring (bicyclic) bond motifs is 2. The fraction of sp³-hybridized carbons (Fsp3) is 0.0400. The van der Waals surface area contributed by atoms with E-state index < -0.39 is 0 Å². The van der Waals surface area contributed by atoms with E-state index in [-0.39, 0.29) is 11.2 Å². The van der Waals surface area contributed by atoms with Gasteiger partial charge in [-0.05, 0) is 54.6 Å². The Morgan fingerprint density at radius 2 is 1.84 bits per heavy atom. The summed E-state index contributed by atoms with van der Waals surface area (Å²) in [6.07, 6.45) is 5.14. The Morgan fingerprint density at radius 1 is 1.03 bits per heavy atom. The first-order valence-corrected chi connectivity index (χ1v) is 10.8. The van der Waals surface area contributed by atoms with Gasteiger partial charge >= 0.3 is 0 Å². The maximum Gasteiger partial charge on any atom is 0.263 e. The Morgan fingerprint density at radius 3 is 2.68 bits per heavy atom. The fourth-order valence-corrected chi connectivity index (χ4v) is 4.74. The first-order chi connectivity index (χ1) is 15.1. The number of rotatable bonds is 4. The number of thiazole rings is 1. The van der Waals surface area contributed by atoms with Gasteiger partial charge in [0.25, 0.3) is 5.01 Å². The van der Waals surface area contributed by atoms with Crippen molar-refractivity contribution in [1.29, 1.82) is 0 Å². The maximum absolute atomic E-state index is 13.3. The fourth-order valence-electron chi connectivity index (χ4n) is 3.51. The van der Waals surface area contributed by atoms with Crippen LogP contribution in [0.15, 0.2) is 82.2 Å². The molecule has 5 aromatic rings. The van der Waals surface area contributed by atoms with Gasteiger partial charge in [0.15, 0.2) is 12.0 Å². The van der Waals surface area contributed by atoms with Crippen molar-refractivity contribution in [2.45, 2.75) is 6.54 Å². The molecule has 0 fully saturated rings.